The number of amides is 1. The van der Waals surface area contributed by atoms with Gasteiger partial charge < -0.3 is 10.6 Å². The van der Waals surface area contributed by atoms with Crippen LogP contribution < -0.4 is 10.6 Å². The van der Waals surface area contributed by atoms with Gasteiger partial charge in [0.05, 0.1) is 11.8 Å². The molecule has 90 valence electrons. The van der Waals surface area contributed by atoms with E-state index in [1.54, 1.807) is 13.2 Å². The molecule has 5 nitrogen and oxygen atoms in total. The van der Waals surface area contributed by atoms with Crippen molar-refractivity contribution in [3.8, 4) is 0 Å². The van der Waals surface area contributed by atoms with Crippen LogP contribution >= 0.6 is 0 Å². The third-order valence-corrected chi connectivity index (χ3v) is 2.62. The zero-order valence-electron chi connectivity index (χ0n) is 9.92. The highest BCUT2D eigenvalue weighted by molar-refractivity contribution is 5.93. The highest BCUT2D eigenvalue weighted by Gasteiger charge is 2.05. The summed E-state index contributed by atoms with van der Waals surface area (Å²) in [7, 11) is 1.58. The van der Waals surface area contributed by atoms with E-state index in [2.05, 4.69) is 27.8 Å². The van der Waals surface area contributed by atoms with Crippen molar-refractivity contribution < 1.29 is 4.79 Å². The topological polar surface area (TPSA) is 69.8 Å². The third kappa shape index (κ3) is 4.44. The first-order valence-electron chi connectivity index (χ1n) is 5.65. The van der Waals surface area contributed by atoms with Crippen LogP contribution in [0.25, 0.3) is 0 Å². The number of aromatic nitrogens is 2. The van der Waals surface area contributed by atoms with Gasteiger partial charge in [-0.25, -0.2) is 0 Å². The highest BCUT2D eigenvalue weighted by Crippen LogP contribution is 2.08. The van der Waals surface area contributed by atoms with Crippen molar-refractivity contribution in [3.63, 3.8) is 0 Å². The minimum absolute atomic E-state index is 0.122. The van der Waals surface area contributed by atoms with Crippen LogP contribution in [0.3, 0.4) is 0 Å². The van der Waals surface area contributed by atoms with E-state index in [1.807, 2.05) is 0 Å². The predicted octanol–water partition coefficient (Wildman–Crippen LogP) is 0.775. The van der Waals surface area contributed by atoms with Crippen molar-refractivity contribution >= 4 is 5.91 Å². The molecule has 0 saturated carbocycles. The lowest BCUT2D eigenvalue weighted by atomic mass is 10.0. The number of H-pyrrole nitrogens is 1. The predicted molar refractivity (Wildman–Crippen MR) is 63.2 cm³/mol. The molecule has 0 aliphatic carbocycles. The van der Waals surface area contributed by atoms with E-state index in [1.165, 1.54) is 32.1 Å². The lowest BCUT2D eigenvalue weighted by Crippen LogP contribution is -2.26. The van der Waals surface area contributed by atoms with Gasteiger partial charge in [0, 0.05) is 13.2 Å². The van der Waals surface area contributed by atoms with E-state index in [0.29, 0.717) is 5.56 Å². The fraction of sp³-hybridized carbons (Fsp3) is 0.636. The molecule has 5 heteroatoms. The Hall–Kier alpha value is -1.36. The molecular weight excluding hydrogens is 204 g/mol. The number of carbonyl (C=O) groups excluding carboxylic acids is 1. The van der Waals surface area contributed by atoms with Gasteiger partial charge in [-0.1, -0.05) is 6.92 Å². The quantitative estimate of drug-likeness (QED) is 0.660. The fourth-order valence-corrected chi connectivity index (χ4v) is 1.49. The van der Waals surface area contributed by atoms with Crippen LogP contribution in [-0.4, -0.2) is 36.2 Å². The van der Waals surface area contributed by atoms with Crippen LogP contribution in [0.2, 0.25) is 0 Å². The Bertz CT molecular complexity index is 291. The van der Waals surface area contributed by atoms with E-state index in [9.17, 15) is 4.79 Å². The minimum atomic E-state index is -0.122. The maximum atomic E-state index is 10.7. The molecule has 0 atom stereocenters. The molecule has 1 aliphatic heterocycles. The van der Waals surface area contributed by atoms with E-state index in [-0.39, 0.29) is 5.91 Å². The Labute approximate surface area is 96.0 Å². The van der Waals surface area contributed by atoms with Crippen LogP contribution in [0.4, 0.5) is 0 Å². The highest BCUT2D eigenvalue weighted by atomic mass is 16.1. The van der Waals surface area contributed by atoms with E-state index < -0.39 is 0 Å². The van der Waals surface area contributed by atoms with Crippen LogP contribution in [0, 0.1) is 5.92 Å². The van der Waals surface area contributed by atoms with Gasteiger partial charge in [-0.15, -0.1) is 0 Å². The molecule has 1 saturated heterocycles. The summed E-state index contributed by atoms with van der Waals surface area (Å²) >= 11 is 0. The number of carbonyl (C=O) groups is 1. The fourth-order valence-electron chi connectivity index (χ4n) is 1.49. The molecule has 3 N–H and O–H groups in total. The van der Waals surface area contributed by atoms with Gasteiger partial charge in [-0.05, 0) is 31.8 Å². The summed E-state index contributed by atoms with van der Waals surface area (Å²) in [5.74, 6) is 0.852. The van der Waals surface area contributed by atoms with Crippen molar-refractivity contribution in [1.82, 2.24) is 20.8 Å². The van der Waals surface area contributed by atoms with E-state index in [0.717, 1.165) is 5.92 Å². The van der Waals surface area contributed by atoms with Gasteiger partial charge in [0.2, 0.25) is 0 Å². The SMILES string of the molecule is CC1CCNCC1.CNC(=O)c1cn[nH]c1. The largest absolute Gasteiger partial charge is 0.355 e. The molecule has 16 heavy (non-hydrogen) atoms. The zero-order chi connectivity index (χ0) is 11.8. The number of rotatable bonds is 1. The normalized spacial score (nSPS) is 16.1. The lowest BCUT2D eigenvalue weighted by molar-refractivity contribution is 0.0963. The number of piperidine rings is 1. The van der Waals surface area contributed by atoms with Crippen molar-refractivity contribution in [3.05, 3.63) is 18.0 Å². The van der Waals surface area contributed by atoms with Gasteiger partial charge in [-0.2, -0.15) is 5.10 Å². The first-order valence-corrected chi connectivity index (χ1v) is 5.65. The van der Waals surface area contributed by atoms with Crippen LogP contribution in [0.15, 0.2) is 12.4 Å². The standard InChI is InChI=1S/C6H13N.C5H7N3O/c1-6-2-4-7-5-3-6;1-6-5(9)4-2-7-8-3-4/h6-7H,2-5H2,1H3;2-3H,1H3,(H,6,9)(H,7,8). The Morgan fingerprint density at radius 1 is 1.50 bits per heavy atom. The van der Waals surface area contributed by atoms with E-state index in [4.69, 9.17) is 0 Å². The summed E-state index contributed by atoms with van der Waals surface area (Å²) in [6, 6.07) is 0. The molecule has 1 aliphatic rings. The molecule has 0 aromatic carbocycles. The third-order valence-electron chi connectivity index (χ3n) is 2.62. The van der Waals surface area contributed by atoms with Gasteiger partial charge in [-0.3, -0.25) is 9.89 Å². The Morgan fingerprint density at radius 3 is 2.56 bits per heavy atom. The second-order valence-electron chi connectivity index (χ2n) is 4.00. The molecule has 1 amide bonds. The first kappa shape index (κ1) is 12.7. The Morgan fingerprint density at radius 2 is 2.19 bits per heavy atom. The second-order valence-corrected chi connectivity index (χ2v) is 4.00. The molecule has 1 fully saturated rings. The van der Waals surface area contributed by atoms with Gasteiger partial charge in [0.25, 0.3) is 5.91 Å². The Balaban J connectivity index is 0.000000165. The lowest BCUT2D eigenvalue weighted by Gasteiger charge is -2.17. The summed E-state index contributed by atoms with van der Waals surface area (Å²) in [5.41, 5.74) is 0.553. The molecule has 2 heterocycles. The van der Waals surface area contributed by atoms with Crippen LogP contribution in [0.5, 0.6) is 0 Å². The van der Waals surface area contributed by atoms with Gasteiger partial charge in [0.1, 0.15) is 0 Å². The molecule has 0 radical (unpaired) electrons. The molecule has 0 unspecified atom stereocenters. The van der Waals surface area contributed by atoms with Crippen molar-refractivity contribution in [1.29, 1.82) is 0 Å². The van der Waals surface area contributed by atoms with Crippen molar-refractivity contribution in [2.45, 2.75) is 19.8 Å². The molecule has 1 aromatic rings. The van der Waals surface area contributed by atoms with Gasteiger partial charge in [0.15, 0.2) is 0 Å². The molecule has 2 rings (SSSR count). The summed E-state index contributed by atoms with van der Waals surface area (Å²) in [5, 5.41) is 11.9. The number of hydrogen-bond donors (Lipinski definition) is 3. The Kier molecular flexibility index (Phi) is 5.56. The maximum absolute atomic E-state index is 10.7. The van der Waals surface area contributed by atoms with Crippen LogP contribution in [0.1, 0.15) is 30.1 Å². The number of hydrogen-bond acceptors (Lipinski definition) is 3. The number of nitrogens with zero attached hydrogens (tertiary/aromatic N) is 1. The number of nitrogens with one attached hydrogen (secondary N) is 3. The number of aromatic amines is 1. The average molecular weight is 224 g/mol. The summed E-state index contributed by atoms with van der Waals surface area (Å²) < 4.78 is 0. The monoisotopic (exact) mass is 224 g/mol. The van der Waals surface area contributed by atoms with Crippen LogP contribution in [-0.2, 0) is 0 Å². The zero-order valence-corrected chi connectivity index (χ0v) is 9.92. The second kappa shape index (κ2) is 7.00. The first-order chi connectivity index (χ1) is 7.74. The van der Waals surface area contributed by atoms with Crippen molar-refractivity contribution in [2.75, 3.05) is 20.1 Å². The summed E-state index contributed by atoms with van der Waals surface area (Å²) in [6.07, 6.45) is 5.76. The smallest absolute Gasteiger partial charge is 0.254 e. The average Bonchev–Trinajstić information content (AvgIpc) is 2.83. The van der Waals surface area contributed by atoms with E-state index >= 15 is 0 Å². The summed E-state index contributed by atoms with van der Waals surface area (Å²) in [4.78, 5) is 10.7. The molecular formula is C11H20N4O. The molecule has 1 aromatic heterocycles. The van der Waals surface area contributed by atoms with Crippen molar-refractivity contribution in [2.24, 2.45) is 5.92 Å². The molecule has 0 spiro atoms. The minimum Gasteiger partial charge on any atom is -0.355 e. The summed E-state index contributed by atoms with van der Waals surface area (Å²) in [6.45, 7) is 4.79. The van der Waals surface area contributed by atoms with Gasteiger partial charge >= 0.3 is 0 Å². The molecule has 0 bridgehead atoms. The maximum Gasteiger partial charge on any atom is 0.254 e.